The molecule has 0 aromatic heterocycles. The quantitative estimate of drug-likeness (QED) is 0.937. The van der Waals surface area contributed by atoms with Gasteiger partial charge >= 0.3 is 0 Å². The molecule has 124 valence electrons. The molecule has 0 bridgehead atoms. The lowest BCUT2D eigenvalue weighted by molar-refractivity contribution is 0.0792. The van der Waals surface area contributed by atoms with Gasteiger partial charge in [0.15, 0.2) is 0 Å². The summed E-state index contributed by atoms with van der Waals surface area (Å²) < 4.78 is 26.4. The van der Waals surface area contributed by atoms with Crippen LogP contribution in [0.4, 0.5) is 14.5 Å². The molecule has 1 fully saturated rings. The van der Waals surface area contributed by atoms with Gasteiger partial charge in [0.25, 0.3) is 11.8 Å². The highest BCUT2D eigenvalue weighted by Crippen LogP contribution is 2.17. The first-order chi connectivity index (χ1) is 11.5. The average Bonchev–Trinajstić information content (AvgIpc) is 3.08. The van der Waals surface area contributed by atoms with Crippen LogP contribution in [0.15, 0.2) is 42.5 Å². The van der Waals surface area contributed by atoms with Crippen LogP contribution >= 0.6 is 0 Å². The van der Waals surface area contributed by atoms with Crippen LogP contribution < -0.4 is 5.32 Å². The Bertz CT molecular complexity index is 766. The Morgan fingerprint density at radius 1 is 0.917 bits per heavy atom. The lowest BCUT2D eigenvalue weighted by atomic mass is 10.1. The fourth-order valence-electron chi connectivity index (χ4n) is 2.72. The number of nitrogens with one attached hydrogen (secondary N) is 1. The highest BCUT2D eigenvalue weighted by molar-refractivity contribution is 6.05. The molecule has 0 saturated carbocycles. The van der Waals surface area contributed by atoms with Crippen LogP contribution in [0.5, 0.6) is 0 Å². The lowest BCUT2D eigenvalue weighted by Gasteiger charge is -2.15. The summed E-state index contributed by atoms with van der Waals surface area (Å²) in [6, 6.07) is 9.13. The summed E-state index contributed by atoms with van der Waals surface area (Å²) in [5, 5.41) is 2.56. The summed E-state index contributed by atoms with van der Waals surface area (Å²) in [6.07, 6.45) is 1.99. The molecule has 6 heteroatoms. The first-order valence-electron chi connectivity index (χ1n) is 7.70. The average molecular weight is 330 g/mol. The van der Waals surface area contributed by atoms with E-state index in [1.807, 2.05) is 0 Å². The minimum Gasteiger partial charge on any atom is -0.339 e. The van der Waals surface area contributed by atoms with E-state index in [0.29, 0.717) is 17.3 Å². The maximum absolute atomic E-state index is 13.2. The molecule has 0 unspecified atom stereocenters. The second-order valence-electron chi connectivity index (χ2n) is 5.69. The molecule has 0 aliphatic carbocycles. The number of likely N-dealkylation sites (tertiary alicyclic amines) is 1. The van der Waals surface area contributed by atoms with Gasteiger partial charge in [-0.1, -0.05) is 6.07 Å². The standard InChI is InChI=1S/C18H16F2N2O2/c19-14-8-13(9-15(20)11-14)17(23)21-16-5-3-4-12(10-16)18(24)22-6-1-2-7-22/h3-5,8-11H,1-2,6-7H2,(H,21,23). The molecule has 24 heavy (non-hydrogen) atoms. The second-order valence-corrected chi connectivity index (χ2v) is 5.69. The van der Waals surface area contributed by atoms with Crippen molar-refractivity contribution >= 4 is 17.5 Å². The number of halogens is 2. The van der Waals surface area contributed by atoms with Gasteiger partial charge in [0.2, 0.25) is 0 Å². The number of carbonyl (C=O) groups is 2. The molecular weight excluding hydrogens is 314 g/mol. The van der Waals surface area contributed by atoms with Gasteiger partial charge < -0.3 is 10.2 Å². The summed E-state index contributed by atoms with van der Waals surface area (Å²) in [7, 11) is 0. The van der Waals surface area contributed by atoms with Gasteiger partial charge in [-0.05, 0) is 43.2 Å². The topological polar surface area (TPSA) is 49.4 Å². The number of carbonyl (C=O) groups excluding carboxylic acids is 2. The normalized spacial score (nSPS) is 13.8. The predicted octanol–water partition coefficient (Wildman–Crippen LogP) is 3.45. The van der Waals surface area contributed by atoms with Gasteiger partial charge in [-0.3, -0.25) is 9.59 Å². The van der Waals surface area contributed by atoms with Crippen LogP contribution in [0.1, 0.15) is 33.6 Å². The Morgan fingerprint density at radius 2 is 1.58 bits per heavy atom. The van der Waals surface area contributed by atoms with Crippen LogP contribution in [0, 0.1) is 11.6 Å². The van der Waals surface area contributed by atoms with Gasteiger partial charge in [0, 0.05) is 36.0 Å². The zero-order valence-electron chi connectivity index (χ0n) is 12.9. The minimum absolute atomic E-state index is 0.0830. The van der Waals surface area contributed by atoms with E-state index in [-0.39, 0.29) is 11.5 Å². The fourth-order valence-corrected chi connectivity index (χ4v) is 2.72. The Morgan fingerprint density at radius 3 is 2.25 bits per heavy atom. The first-order valence-corrected chi connectivity index (χ1v) is 7.70. The number of nitrogens with zero attached hydrogens (tertiary/aromatic N) is 1. The van der Waals surface area contributed by atoms with Crippen molar-refractivity contribution in [3.05, 3.63) is 65.2 Å². The highest BCUT2D eigenvalue weighted by atomic mass is 19.1. The highest BCUT2D eigenvalue weighted by Gasteiger charge is 2.19. The summed E-state index contributed by atoms with van der Waals surface area (Å²) in [4.78, 5) is 26.2. The van der Waals surface area contributed by atoms with E-state index in [9.17, 15) is 18.4 Å². The van der Waals surface area contributed by atoms with Crippen LogP contribution in [0.3, 0.4) is 0 Å². The Hall–Kier alpha value is -2.76. The summed E-state index contributed by atoms with van der Waals surface area (Å²) in [6.45, 7) is 1.47. The third-order valence-corrected chi connectivity index (χ3v) is 3.89. The van der Waals surface area contributed by atoms with Crippen molar-refractivity contribution in [3.63, 3.8) is 0 Å². The Balaban J connectivity index is 1.76. The van der Waals surface area contributed by atoms with Gasteiger partial charge in [-0.2, -0.15) is 0 Å². The van der Waals surface area contributed by atoms with Gasteiger partial charge in [0.1, 0.15) is 11.6 Å². The third-order valence-electron chi connectivity index (χ3n) is 3.89. The van der Waals surface area contributed by atoms with Gasteiger partial charge in [-0.15, -0.1) is 0 Å². The maximum Gasteiger partial charge on any atom is 0.255 e. The molecule has 2 aromatic carbocycles. The van der Waals surface area contributed by atoms with E-state index in [1.54, 1.807) is 29.2 Å². The van der Waals surface area contributed by atoms with Crippen LogP contribution in [0.25, 0.3) is 0 Å². The van der Waals surface area contributed by atoms with E-state index in [1.165, 1.54) is 0 Å². The Kier molecular flexibility index (Phi) is 4.55. The zero-order chi connectivity index (χ0) is 17.1. The SMILES string of the molecule is O=C(Nc1cccc(C(=O)N2CCCC2)c1)c1cc(F)cc(F)c1. The van der Waals surface area contributed by atoms with Gasteiger partial charge in [-0.25, -0.2) is 8.78 Å². The number of hydrogen-bond donors (Lipinski definition) is 1. The molecule has 2 amide bonds. The van der Waals surface area contributed by atoms with E-state index in [0.717, 1.165) is 38.1 Å². The summed E-state index contributed by atoms with van der Waals surface area (Å²) >= 11 is 0. The molecule has 1 aliphatic rings. The van der Waals surface area contributed by atoms with Crippen molar-refractivity contribution < 1.29 is 18.4 Å². The van der Waals surface area contributed by atoms with Crippen molar-refractivity contribution in [2.45, 2.75) is 12.8 Å². The summed E-state index contributed by atoms with van der Waals surface area (Å²) in [5.74, 6) is -2.37. The van der Waals surface area contributed by atoms with Crippen LogP contribution in [-0.4, -0.2) is 29.8 Å². The predicted molar refractivity (Wildman–Crippen MR) is 85.9 cm³/mol. The third kappa shape index (κ3) is 3.59. The smallest absolute Gasteiger partial charge is 0.255 e. The van der Waals surface area contributed by atoms with Crippen molar-refractivity contribution in [2.24, 2.45) is 0 Å². The summed E-state index contributed by atoms with van der Waals surface area (Å²) in [5.41, 5.74) is 0.749. The number of rotatable bonds is 3. The van der Waals surface area contributed by atoms with Crippen molar-refractivity contribution in [1.82, 2.24) is 4.90 Å². The molecule has 0 spiro atoms. The number of anilines is 1. The zero-order valence-corrected chi connectivity index (χ0v) is 12.9. The van der Waals surface area contributed by atoms with Gasteiger partial charge in [0.05, 0.1) is 0 Å². The molecule has 1 heterocycles. The van der Waals surface area contributed by atoms with Crippen LogP contribution in [0.2, 0.25) is 0 Å². The maximum atomic E-state index is 13.2. The van der Waals surface area contributed by atoms with E-state index >= 15 is 0 Å². The molecule has 1 N–H and O–H groups in total. The largest absolute Gasteiger partial charge is 0.339 e. The van der Waals surface area contributed by atoms with E-state index in [4.69, 9.17) is 0 Å². The monoisotopic (exact) mass is 330 g/mol. The minimum atomic E-state index is -0.821. The molecular formula is C18H16F2N2O2. The Labute approximate surface area is 138 Å². The molecule has 2 aromatic rings. The molecule has 0 radical (unpaired) electrons. The first kappa shape index (κ1) is 16.1. The van der Waals surface area contributed by atoms with E-state index in [2.05, 4.69) is 5.32 Å². The number of amides is 2. The fraction of sp³-hybridized carbons (Fsp3) is 0.222. The number of benzene rings is 2. The second kappa shape index (κ2) is 6.78. The van der Waals surface area contributed by atoms with Crippen LogP contribution in [-0.2, 0) is 0 Å². The molecule has 0 atom stereocenters. The molecule has 1 aliphatic heterocycles. The van der Waals surface area contributed by atoms with E-state index < -0.39 is 17.5 Å². The van der Waals surface area contributed by atoms with Crippen molar-refractivity contribution in [2.75, 3.05) is 18.4 Å². The number of hydrogen-bond acceptors (Lipinski definition) is 2. The molecule has 1 saturated heterocycles. The molecule has 4 nitrogen and oxygen atoms in total. The lowest BCUT2D eigenvalue weighted by Crippen LogP contribution is -2.27. The van der Waals surface area contributed by atoms with Crippen molar-refractivity contribution in [1.29, 1.82) is 0 Å². The molecule has 3 rings (SSSR count). The van der Waals surface area contributed by atoms with Crippen molar-refractivity contribution in [3.8, 4) is 0 Å².